The SMILES string of the molecule is CC1(Nc2ccccc2)NC(=O)CS1. The predicted molar refractivity (Wildman–Crippen MR) is 59.1 cm³/mol. The summed E-state index contributed by atoms with van der Waals surface area (Å²) in [7, 11) is 0. The molecule has 1 fully saturated rings. The lowest BCUT2D eigenvalue weighted by Crippen LogP contribution is -2.43. The fourth-order valence-electron chi connectivity index (χ4n) is 1.41. The maximum absolute atomic E-state index is 11.1. The van der Waals surface area contributed by atoms with E-state index in [4.69, 9.17) is 0 Å². The topological polar surface area (TPSA) is 41.1 Å². The van der Waals surface area contributed by atoms with Gasteiger partial charge < -0.3 is 10.6 Å². The zero-order valence-corrected chi connectivity index (χ0v) is 8.73. The first-order valence-corrected chi connectivity index (χ1v) is 5.45. The minimum Gasteiger partial charge on any atom is -0.354 e. The molecular weight excluding hydrogens is 196 g/mol. The molecule has 4 heteroatoms. The van der Waals surface area contributed by atoms with Gasteiger partial charge in [-0.2, -0.15) is 0 Å². The van der Waals surface area contributed by atoms with Crippen LogP contribution in [0.1, 0.15) is 6.92 Å². The average molecular weight is 208 g/mol. The van der Waals surface area contributed by atoms with Crippen molar-refractivity contribution in [2.75, 3.05) is 11.1 Å². The molecule has 0 saturated carbocycles. The standard InChI is InChI=1S/C10H12N2OS/c1-10(12-9(13)7-14-10)11-8-5-3-2-4-6-8/h2-6,11H,7H2,1H3,(H,12,13). The van der Waals surface area contributed by atoms with Crippen LogP contribution in [0.5, 0.6) is 0 Å². The van der Waals surface area contributed by atoms with Gasteiger partial charge in [0.15, 0.2) is 4.99 Å². The molecule has 1 saturated heterocycles. The van der Waals surface area contributed by atoms with Gasteiger partial charge in [0.1, 0.15) is 0 Å². The number of nitrogens with one attached hydrogen (secondary N) is 2. The van der Waals surface area contributed by atoms with E-state index in [1.807, 2.05) is 37.3 Å². The molecule has 1 unspecified atom stereocenters. The minimum absolute atomic E-state index is 0.0842. The summed E-state index contributed by atoms with van der Waals surface area (Å²) < 4.78 is 0. The molecule has 1 heterocycles. The van der Waals surface area contributed by atoms with Crippen LogP contribution in [0.4, 0.5) is 5.69 Å². The highest BCUT2D eigenvalue weighted by Crippen LogP contribution is 2.28. The summed E-state index contributed by atoms with van der Waals surface area (Å²) in [6, 6.07) is 9.86. The van der Waals surface area contributed by atoms with Gasteiger partial charge in [-0.1, -0.05) is 18.2 Å². The Morgan fingerprint density at radius 3 is 2.71 bits per heavy atom. The van der Waals surface area contributed by atoms with Crippen LogP contribution in [0.2, 0.25) is 0 Å². The van der Waals surface area contributed by atoms with Crippen LogP contribution in [0.15, 0.2) is 30.3 Å². The van der Waals surface area contributed by atoms with Crippen LogP contribution in [-0.4, -0.2) is 16.7 Å². The third-order valence-corrected chi connectivity index (χ3v) is 3.21. The Morgan fingerprint density at radius 1 is 1.43 bits per heavy atom. The largest absolute Gasteiger partial charge is 0.354 e. The van der Waals surface area contributed by atoms with Crippen molar-refractivity contribution < 1.29 is 4.79 Å². The van der Waals surface area contributed by atoms with Crippen molar-refractivity contribution >= 4 is 23.4 Å². The third kappa shape index (κ3) is 2.01. The number of hydrogen-bond acceptors (Lipinski definition) is 3. The summed E-state index contributed by atoms with van der Waals surface area (Å²) in [5, 5.41) is 6.17. The zero-order valence-electron chi connectivity index (χ0n) is 7.91. The number of carbonyl (C=O) groups is 1. The van der Waals surface area contributed by atoms with Gasteiger partial charge in [-0.15, -0.1) is 11.8 Å². The molecular formula is C10H12N2OS. The summed E-state index contributed by atoms with van der Waals surface area (Å²) in [4.78, 5) is 10.7. The van der Waals surface area contributed by atoms with E-state index in [9.17, 15) is 4.79 Å². The molecule has 0 aliphatic carbocycles. The maximum atomic E-state index is 11.1. The number of benzene rings is 1. The van der Waals surface area contributed by atoms with Crippen molar-refractivity contribution in [3.8, 4) is 0 Å². The van der Waals surface area contributed by atoms with Gasteiger partial charge in [0, 0.05) is 5.69 Å². The van der Waals surface area contributed by atoms with E-state index >= 15 is 0 Å². The first-order valence-electron chi connectivity index (χ1n) is 4.46. The number of thioether (sulfide) groups is 1. The lowest BCUT2D eigenvalue weighted by Gasteiger charge is -2.25. The second-order valence-corrected chi connectivity index (χ2v) is 4.75. The van der Waals surface area contributed by atoms with Crippen LogP contribution in [0.25, 0.3) is 0 Å². The van der Waals surface area contributed by atoms with Gasteiger partial charge in [0.05, 0.1) is 5.75 Å². The predicted octanol–water partition coefficient (Wildman–Crippen LogP) is 1.64. The summed E-state index contributed by atoms with van der Waals surface area (Å²) >= 11 is 1.58. The van der Waals surface area contributed by atoms with E-state index in [1.54, 1.807) is 11.8 Å². The number of anilines is 1. The van der Waals surface area contributed by atoms with Crippen LogP contribution >= 0.6 is 11.8 Å². The van der Waals surface area contributed by atoms with Crippen molar-refractivity contribution in [1.82, 2.24) is 5.32 Å². The highest BCUT2D eigenvalue weighted by Gasteiger charge is 2.33. The van der Waals surface area contributed by atoms with E-state index in [1.165, 1.54) is 0 Å². The zero-order chi connectivity index (χ0) is 10.0. The van der Waals surface area contributed by atoms with Crippen molar-refractivity contribution in [2.45, 2.75) is 11.9 Å². The Kier molecular flexibility index (Phi) is 2.37. The number of amides is 1. The second-order valence-electron chi connectivity index (χ2n) is 3.36. The van der Waals surface area contributed by atoms with Gasteiger partial charge in [-0.25, -0.2) is 0 Å². The highest BCUT2D eigenvalue weighted by atomic mass is 32.2. The van der Waals surface area contributed by atoms with E-state index in [2.05, 4.69) is 10.6 Å². The lowest BCUT2D eigenvalue weighted by atomic mass is 10.3. The molecule has 1 amide bonds. The lowest BCUT2D eigenvalue weighted by molar-refractivity contribution is -0.118. The molecule has 0 bridgehead atoms. The monoisotopic (exact) mass is 208 g/mol. The molecule has 2 N–H and O–H groups in total. The molecule has 14 heavy (non-hydrogen) atoms. The molecule has 0 radical (unpaired) electrons. The molecule has 0 aromatic heterocycles. The van der Waals surface area contributed by atoms with Crippen molar-refractivity contribution in [2.24, 2.45) is 0 Å². The molecule has 1 atom stereocenters. The number of carbonyl (C=O) groups excluding carboxylic acids is 1. The number of rotatable bonds is 2. The molecule has 1 aliphatic heterocycles. The molecule has 1 aromatic rings. The van der Waals surface area contributed by atoms with Gasteiger partial charge in [-0.3, -0.25) is 4.79 Å². The Balaban J connectivity index is 2.08. The van der Waals surface area contributed by atoms with E-state index < -0.39 is 0 Å². The van der Waals surface area contributed by atoms with Crippen LogP contribution in [0, 0.1) is 0 Å². The van der Waals surface area contributed by atoms with E-state index in [0.717, 1.165) is 5.69 Å². The Hall–Kier alpha value is -1.16. The van der Waals surface area contributed by atoms with Gasteiger partial charge in [0.25, 0.3) is 0 Å². The van der Waals surface area contributed by atoms with Crippen LogP contribution in [-0.2, 0) is 4.79 Å². The highest BCUT2D eigenvalue weighted by molar-refractivity contribution is 8.01. The summed E-state index contributed by atoms with van der Waals surface area (Å²) in [5.41, 5.74) is 1.02. The van der Waals surface area contributed by atoms with Gasteiger partial charge >= 0.3 is 0 Å². The van der Waals surface area contributed by atoms with Crippen LogP contribution in [0.3, 0.4) is 0 Å². The first-order chi connectivity index (χ1) is 6.68. The number of hydrogen-bond donors (Lipinski definition) is 2. The minimum atomic E-state index is -0.363. The van der Waals surface area contributed by atoms with E-state index in [-0.39, 0.29) is 10.9 Å². The molecule has 0 spiro atoms. The summed E-state index contributed by atoms with van der Waals surface area (Å²) in [6.07, 6.45) is 0. The number of para-hydroxylation sites is 1. The quantitative estimate of drug-likeness (QED) is 0.776. The fourth-order valence-corrected chi connectivity index (χ4v) is 2.28. The van der Waals surface area contributed by atoms with Gasteiger partial charge in [0.2, 0.25) is 5.91 Å². The Bertz CT molecular complexity index is 341. The molecule has 3 nitrogen and oxygen atoms in total. The Morgan fingerprint density at radius 2 is 2.14 bits per heavy atom. The average Bonchev–Trinajstić information content (AvgIpc) is 2.47. The smallest absolute Gasteiger partial charge is 0.232 e. The molecule has 2 rings (SSSR count). The van der Waals surface area contributed by atoms with E-state index in [0.29, 0.717) is 5.75 Å². The Labute approximate surface area is 87.3 Å². The van der Waals surface area contributed by atoms with Crippen molar-refractivity contribution in [3.63, 3.8) is 0 Å². The van der Waals surface area contributed by atoms with Gasteiger partial charge in [-0.05, 0) is 19.1 Å². The normalized spacial score (nSPS) is 25.9. The first kappa shape index (κ1) is 9.40. The molecule has 74 valence electrons. The van der Waals surface area contributed by atoms with Crippen LogP contribution < -0.4 is 10.6 Å². The van der Waals surface area contributed by atoms with Crippen molar-refractivity contribution in [3.05, 3.63) is 30.3 Å². The second kappa shape index (κ2) is 3.53. The summed E-state index contributed by atoms with van der Waals surface area (Å²) in [5.74, 6) is 0.608. The fraction of sp³-hybridized carbons (Fsp3) is 0.300. The third-order valence-electron chi connectivity index (χ3n) is 2.03. The maximum Gasteiger partial charge on any atom is 0.232 e. The molecule has 1 aliphatic rings. The van der Waals surface area contributed by atoms with Crippen molar-refractivity contribution in [1.29, 1.82) is 0 Å². The molecule has 1 aromatic carbocycles. The summed E-state index contributed by atoms with van der Waals surface area (Å²) in [6.45, 7) is 1.97.